The fourth-order valence-electron chi connectivity index (χ4n) is 2.41. The summed E-state index contributed by atoms with van der Waals surface area (Å²) in [6.07, 6.45) is 0.767. The van der Waals surface area contributed by atoms with E-state index in [2.05, 4.69) is 0 Å². The van der Waals surface area contributed by atoms with E-state index in [1.54, 1.807) is 6.07 Å². The smallest absolute Gasteiger partial charge is 0.165 e. The van der Waals surface area contributed by atoms with Crippen molar-refractivity contribution < 1.29 is 14.9 Å². The molecular weight excluding hydrogens is 228 g/mol. The fraction of sp³-hybridized carbons (Fsp3) is 0.200. The predicted molar refractivity (Wildman–Crippen MR) is 68.6 cm³/mol. The molecule has 0 atom stereocenters. The van der Waals surface area contributed by atoms with Gasteiger partial charge in [-0.05, 0) is 29.2 Å². The van der Waals surface area contributed by atoms with Gasteiger partial charge in [0.05, 0.1) is 13.2 Å². The van der Waals surface area contributed by atoms with Crippen molar-refractivity contribution in [2.75, 3.05) is 6.61 Å². The van der Waals surface area contributed by atoms with Gasteiger partial charge in [0, 0.05) is 5.56 Å². The van der Waals surface area contributed by atoms with Gasteiger partial charge in [0.15, 0.2) is 11.5 Å². The summed E-state index contributed by atoms with van der Waals surface area (Å²) in [6.45, 7) is 1.14. The highest BCUT2D eigenvalue weighted by atomic mass is 16.5. The average molecular weight is 242 g/mol. The summed E-state index contributed by atoms with van der Waals surface area (Å²) in [5.74, 6) is -0.125. The monoisotopic (exact) mass is 242 g/mol. The van der Waals surface area contributed by atoms with Gasteiger partial charge in [0.2, 0.25) is 0 Å². The zero-order chi connectivity index (χ0) is 12.5. The first-order valence-electron chi connectivity index (χ1n) is 5.97. The molecule has 3 nitrogen and oxygen atoms in total. The van der Waals surface area contributed by atoms with Crippen LogP contribution < -0.4 is 0 Å². The van der Waals surface area contributed by atoms with Crippen LogP contribution in [0.3, 0.4) is 0 Å². The molecule has 0 unspecified atom stereocenters. The van der Waals surface area contributed by atoms with E-state index in [0.29, 0.717) is 18.8 Å². The maximum atomic E-state index is 10.1. The molecule has 0 amide bonds. The Morgan fingerprint density at radius 1 is 1.06 bits per heavy atom. The van der Waals surface area contributed by atoms with E-state index in [9.17, 15) is 10.2 Å². The molecule has 3 rings (SSSR count). The summed E-state index contributed by atoms with van der Waals surface area (Å²) in [5, 5.41) is 19.9. The lowest BCUT2D eigenvalue weighted by atomic mass is 9.92. The minimum Gasteiger partial charge on any atom is -0.504 e. The molecule has 2 aromatic rings. The molecule has 3 heteroatoms. The van der Waals surface area contributed by atoms with Crippen LogP contribution in [-0.4, -0.2) is 16.8 Å². The molecule has 0 radical (unpaired) electrons. The largest absolute Gasteiger partial charge is 0.504 e. The van der Waals surface area contributed by atoms with Gasteiger partial charge in [-0.3, -0.25) is 0 Å². The number of benzene rings is 2. The Morgan fingerprint density at radius 2 is 1.83 bits per heavy atom. The summed E-state index contributed by atoms with van der Waals surface area (Å²) < 4.78 is 5.46. The first-order chi connectivity index (χ1) is 8.77. The van der Waals surface area contributed by atoms with Gasteiger partial charge in [-0.2, -0.15) is 0 Å². The Labute approximate surface area is 105 Å². The zero-order valence-electron chi connectivity index (χ0n) is 9.89. The quantitative estimate of drug-likeness (QED) is 0.756. The lowest BCUT2D eigenvalue weighted by Crippen LogP contribution is -2.11. The molecule has 1 heterocycles. The molecule has 18 heavy (non-hydrogen) atoms. The van der Waals surface area contributed by atoms with E-state index in [0.717, 1.165) is 23.1 Å². The molecule has 0 saturated heterocycles. The molecule has 0 saturated carbocycles. The van der Waals surface area contributed by atoms with Crippen LogP contribution in [0.25, 0.3) is 11.1 Å². The maximum Gasteiger partial charge on any atom is 0.165 e. The van der Waals surface area contributed by atoms with Gasteiger partial charge in [-0.1, -0.05) is 30.3 Å². The van der Waals surface area contributed by atoms with Crippen molar-refractivity contribution in [2.45, 2.75) is 13.0 Å². The summed E-state index contributed by atoms with van der Waals surface area (Å²) >= 11 is 0. The Kier molecular flexibility index (Phi) is 2.68. The van der Waals surface area contributed by atoms with Gasteiger partial charge in [0.25, 0.3) is 0 Å². The van der Waals surface area contributed by atoms with Crippen molar-refractivity contribution in [3.63, 3.8) is 0 Å². The van der Waals surface area contributed by atoms with Crippen LogP contribution in [0.4, 0.5) is 0 Å². The Balaban J connectivity index is 2.27. The molecule has 0 bridgehead atoms. The third-order valence-corrected chi connectivity index (χ3v) is 3.30. The minimum atomic E-state index is -0.0644. The van der Waals surface area contributed by atoms with Crippen LogP contribution in [0, 0.1) is 0 Å². The van der Waals surface area contributed by atoms with Gasteiger partial charge in [-0.15, -0.1) is 0 Å². The third-order valence-electron chi connectivity index (χ3n) is 3.30. The van der Waals surface area contributed by atoms with Crippen molar-refractivity contribution in [2.24, 2.45) is 0 Å². The second-order valence-electron chi connectivity index (χ2n) is 4.43. The van der Waals surface area contributed by atoms with Gasteiger partial charge in [0.1, 0.15) is 0 Å². The lowest BCUT2D eigenvalue weighted by Gasteiger charge is -2.21. The van der Waals surface area contributed by atoms with Crippen LogP contribution in [-0.2, 0) is 17.8 Å². The number of phenols is 2. The number of fused-ring (bicyclic) bond motifs is 1. The van der Waals surface area contributed by atoms with E-state index in [-0.39, 0.29) is 11.5 Å². The Bertz CT molecular complexity index is 576. The number of phenolic OH excluding ortho intramolecular Hbond substituents is 2. The number of rotatable bonds is 1. The van der Waals surface area contributed by atoms with Crippen molar-refractivity contribution in [3.8, 4) is 22.6 Å². The standard InChI is InChI=1S/C15H14O3/c16-13-8-11-6-7-18-9-12(11)14(15(13)17)10-4-2-1-3-5-10/h1-5,8,16-17H,6-7,9H2. The predicted octanol–water partition coefficient (Wildman–Crippen LogP) is 2.84. The topological polar surface area (TPSA) is 49.7 Å². The zero-order valence-corrected chi connectivity index (χ0v) is 9.89. The molecule has 0 fully saturated rings. The second kappa shape index (κ2) is 4.35. The van der Waals surface area contributed by atoms with E-state index in [4.69, 9.17) is 4.74 Å². The highest BCUT2D eigenvalue weighted by Crippen LogP contribution is 2.42. The molecule has 1 aliphatic heterocycles. The summed E-state index contributed by atoms with van der Waals surface area (Å²) in [7, 11) is 0. The van der Waals surface area contributed by atoms with Crippen molar-refractivity contribution in [1.82, 2.24) is 0 Å². The van der Waals surface area contributed by atoms with Crippen LogP contribution in [0.15, 0.2) is 36.4 Å². The fourth-order valence-corrected chi connectivity index (χ4v) is 2.41. The second-order valence-corrected chi connectivity index (χ2v) is 4.43. The molecule has 92 valence electrons. The summed E-state index contributed by atoms with van der Waals surface area (Å²) in [6, 6.07) is 11.2. The summed E-state index contributed by atoms with van der Waals surface area (Å²) in [5.41, 5.74) is 3.61. The molecule has 0 spiro atoms. The molecule has 0 aliphatic carbocycles. The molecule has 0 aromatic heterocycles. The Hall–Kier alpha value is -2.00. The van der Waals surface area contributed by atoms with E-state index < -0.39 is 0 Å². The maximum absolute atomic E-state index is 10.1. The Morgan fingerprint density at radius 3 is 2.61 bits per heavy atom. The van der Waals surface area contributed by atoms with Crippen molar-refractivity contribution in [3.05, 3.63) is 47.5 Å². The van der Waals surface area contributed by atoms with Gasteiger partial charge < -0.3 is 14.9 Å². The van der Waals surface area contributed by atoms with Crippen LogP contribution in [0.2, 0.25) is 0 Å². The normalized spacial score (nSPS) is 14.2. The number of aromatic hydroxyl groups is 2. The van der Waals surface area contributed by atoms with Crippen LogP contribution in [0.5, 0.6) is 11.5 Å². The van der Waals surface area contributed by atoms with Crippen LogP contribution >= 0.6 is 0 Å². The number of hydrogen-bond donors (Lipinski definition) is 2. The first-order valence-corrected chi connectivity index (χ1v) is 5.97. The summed E-state index contributed by atoms with van der Waals surface area (Å²) in [4.78, 5) is 0. The molecule has 2 aromatic carbocycles. The highest BCUT2D eigenvalue weighted by molar-refractivity contribution is 5.78. The molecular formula is C15H14O3. The van der Waals surface area contributed by atoms with Crippen molar-refractivity contribution >= 4 is 0 Å². The van der Waals surface area contributed by atoms with Crippen LogP contribution in [0.1, 0.15) is 11.1 Å². The number of hydrogen-bond acceptors (Lipinski definition) is 3. The van der Waals surface area contributed by atoms with E-state index in [1.165, 1.54) is 0 Å². The first kappa shape index (κ1) is 11.1. The molecule has 2 N–H and O–H groups in total. The van der Waals surface area contributed by atoms with Crippen molar-refractivity contribution in [1.29, 1.82) is 0 Å². The average Bonchev–Trinajstić information content (AvgIpc) is 2.41. The number of ether oxygens (including phenoxy) is 1. The van der Waals surface area contributed by atoms with Gasteiger partial charge >= 0.3 is 0 Å². The minimum absolute atomic E-state index is 0.0606. The molecule has 1 aliphatic rings. The third kappa shape index (κ3) is 1.73. The van der Waals surface area contributed by atoms with Gasteiger partial charge in [-0.25, -0.2) is 0 Å². The SMILES string of the molecule is Oc1cc2c(c(-c3ccccc3)c1O)COCC2. The van der Waals surface area contributed by atoms with E-state index >= 15 is 0 Å². The lowest BCUT2D eigenvalue weighted by molar-refractivity contribution is 0.111. The van der Waals surface area contributed by atoms with E-state index in [1.807, 2.05) is 30.3 Å². The highest BCUT2D eigenvalue weighted by Gasteiger charge is 2.21.